The molecule has 0 aliphatic carbocycles. The largest absolute Gasteiger partial charge is 0.598 e. The normalized spacial score (nSPS) is 14.5. The number of hydrogen-bond acceptors (Lipinski definition) is 5. The molecule has 1 N–H and O–H groups in total. The van der Waals surface area contributed by atoms with Crippen molar-refractivity contribution in [2.24, 2.45) is 0 Å². The first-order valence-corrected chi connectivity index (χ1v) is 9.10. The van der Waals surface area contributed by atoms with Crippen LogP contribution in [0.2, 0.25) is 5.02 Å². The van der Waals surface area contributed by atoms with Gasteiger partial charge in [-0.2, -0.15) is 0 Å². The van der Waals surface area contributed by atoms with Crippen molar-refractivity contribution in [1.29, 1.82) is 0 Å². The number of benzene rings is 1. The van der Waals surface area contributed by atoms with E-state index in [1.54, 1.807) is 26.4 Å². The van der Waals surface area contributed by atoms with Crippen molar-refractivity contribution < 1.29 is 14.0 Å². The third-order valence-corrected chi connectivity index (χ3v) is 5.56. The highest BCUT2D eigenvalue weighted by Gasteiger charge is 2.29. The maximum absolute atomic E-state index is 12.4. The lowest BCUT2D eigenvalue weighted by Crippen LogP contribution is -2.40. The zero-order valence-corrected chi connectivity index (χ0v) is 16.3. The highest BCUT2D eigenvalue weighted by atomic mass is 35.5. The van der Waals surface area contributed by atoms with E-state index >= 15 is 0 Å². The number of nitrogens with one attached hydrogen (secondary N) is 1. The topological polar surface area (TPSA) is 66.4 Å². The Bertz CT molecular complexity index is 734. The van der Waals surface area contributed by atoms with Crippen LogP contribution in [0.15, 0.2) is 18.2 Å². The Kier molecular flexibility index (Phi) is 5.86. The third kappa shape index (κ3) is 4.06. The van der Waals surface area contributed by atoms with Gasteiger partial charge in [0.05, 0.1) is 30.8 Å². The van der Waals surface area contributed by atoms with Crippen molar-refractivity contribution >= 4 is 33.9 Å². The minimum absolute atomic E-state index is 0.196. The number of hydrogen-bond donors (Lipinski definition) is 1. The second kappa shape index (κ2) is 7.35. The number of nitrogens with zero attached hydrogens (tertiary/aromatic N) is 1. The molecule has 2 aromatic rings. The summed E-state index contributed by atoms with van der Waals surface area (Å²) >= 11 is 5.00. The fraction of sp³-hybridized carbons (Fsp3) is 0.471. The molecule has 0 fully saturated rings. The van der Waals surface area contributed by atoms with Crippen molar-refractivity contribution in [3.63, 3.8) is 0 Å². The average molecular weight is 371 g/mol. The SMILES string of the molecule is COc1cc2nc(OC)c([C@H](C)N[S+]([O-])C(C)(C)C)cc2cc1Cl. The molecule has 132 valence electrons. The Morgan fingerprint density at radius 3 is 2.42 bits per heavy atom. The van der Waals surface area contributed by atoms with Gasteiger partial charge in [-0.25, -0.2) is 4.98 Å². The quantitative estimate of drug-likeness (QED) is 0.805. The van der Waals surface area contributed by atoms with Crippen LogP contribution in [-0.4, -0.2) is 28.5 Å². The van der Waals surface area contributed by atoms with Crippen LogP contribution in [-0.2, 0) is 11.4 Å². The van der Waals surface area contributed by atoms with Crippen LogP contribution in [0.3, 0.4) is 0 Å². The predicted octanol–water partition coefficient (Wildman–Crippen LogP) is 4.02. The molecular formula is C17H23ClN2O3S. The van der Waals surface area contributed by atoms with Crippen LogP contribution in [0.4, 0.5) is 0 Å². The Morgan fingerprint density at radius 1 is 1.21 bits per heavy atom. The molecule has 0 amide bonds. The molecule has 7 heteroatoms. The van der Waals surface area contributed by atoms with E-state index < -0.39 is 11.4 Å². The minimum atomic E-state index is -1.20. The summed E-state index contributed by atoms with van der Waals surface area (Å²) in [4.78, 5) is 4.53. The molecular weight excluding hydrogens is 348 g/mol. The second-order valence-electron chi connectivity index (χ2n) is 6.49. The summed E-state index contributed by atoms with van der Waals surface area (Å²) in [5, 5.41) is 1.38. The molecule has 1 aromatic carbocycles. The Hall–Kier alpha value is -1.21. The van der Waals surface area contributed by atoms with E-state index in [1.165, 1.54) is 0 Å². The lowest BCUT2D eigenvalue weighted by molar-refractivity contribution is 0.389. The number of halogens is 1. The molecule has 0 bridgehead atoms. The first-order valence-electron chi connectivity index (χ1n) is 7.57. The first-order chi connectivity index (χ1) is 11.2. The molecule has 2 atom stereocenters. The molecule has 0 aliphatic heterocycles. The van der Waals surface area contributed by atoms with Crippen molar-refractivity contribution in [2.75, 3.05) is 14.2 Å². The van der Waals surface area contributed by atoms with Gasteiger partial charge in [0.2, 0.25) is 5.88 Å². The number of rotatable bonds is 5. The molecule has 0 saturated heterocycles. The Balaban J connectivity index is 2.45. The molecule has 1 aromatic heterocycles. The van der Waals surface area contributed by atoms with Crippen LogP contribution in [0.1, 0.15) is 39.3 Å². The Morgan fingerprint density at radius 2 is 1.88 bits per heavy atom. The number of pyridine rings is 1. The number of fused-ring (bicyclic) bond motifs is 1. The number of ether oxygens (including phenoxy) is 2. The lowest BCUT2D eigenvalue weighted by atomic mass is 10.1. The summed E-state index contributed by atoms with van der Waals surface area (Å²) in [7, 11) is 3.13. The van der Waals surface area contributed by atoms with Crippen LogP contribution in [0.5, 0.6) is 11.6 Å². The summed E-state index contributed by atoms with van der Waals surface area (Å²) in [5.74, 6) is 1.05. The Labute approximate surface area is 151 Å². The van der Waals surface area contributed by atoms with E-state index in [1.807, 2.05) is 33.8 Å². The smallest absolute Gasteiger partial charge is 0.218 e. The van der Waals surface area contributed by atoms with Gasteiger partial charge in [-0.15, -0.1) is 4.72 Å². The van der Waals surface area contributed by atoms with Crippen molar-refractivity contribution in [3.05, 3.63) is 28.8 Å². The summed E-state index contributed by atoms with van der Waals surface area (Å²) in [6.07, 6.45) is 0. The monoisotopic (exact) mass is 370 g/mol. The van der Waals surface area contributed by atoms with E-state index in [9.17, 15) is 4.55 Å². The average Bonchev–Trinajstić information content (AvgIpc) is 2.51. The van der Waals surface area contributed by atoms with Crippen molar-refractivity contribution in [3.8, 4) is 11.6 Å². The van der Waals surface area contributed by atoms with E-state index in [2.05, 4.69) is 9.71 Å². The molecule has 0 aliphatic rings. The standard InChI is InChI=1S/C17H23ClN2O3S/c1-10(20-24(21)17(2,3)4)12-7-11-8-13(18)15(22-5)9-14(11)19-16(12)23-6/h7-10,20H,1-6H3/t10-,24?/m0/s1. The van der Waals surface area contributed by atoms with Crippen LogP contribution in [0, 0.1) is 0 Å². The maximum Gasteiger partial charge on any atom is 0.218 e. The molecule has 0 spiro atoms. The fourth-order valence-corrected chi connectivity index (χ4v) is 3.26. The lowest BCUT2D eigenvalue weighted by Gasteiger charge is -2.27. The molecule has 0 saturated carbocycles. The van der Waals surface area contributed by atoms with Gasteiger partial charge in [0.15, 0.2) is 0 Å². The first kappa shape index (κ1) is 19.1. The highest BCUT2D eigenvalue weighted by molar-refractivity contribution is 7.90. The number of methoxy groups -OCH3 is 2. The van der Waals surface area contributed by atoms with Gasteiger partial charge in [0.25, 0.3) is 0 Å². The van der Waals surface area contributed by atoms with Crippen LogP contribution >= 0.6 is 11.6 Å². The van der Waals surface area contributed by atoms with E-state index in [0.29, 0.717) is 16.7 Å². The summed E-state index contributed by atoms with van der Waals surface area (Å²) in [5.41, 5.74) is 1.55. The third-order valence-electron chi connectivity index (χ3n) is 3.58. The predicted molar refractivity (Wildman–Crippen MR) is 99.3 cm³/mol. The van der Waals surface area contributed by atoms with Crippen LogP contribution in [0.25, 0.3) is 10.9 Å². The molecule has 1 unspecified atom stereocenters. The number of aromatic nitrogens is 1. The van der Waals surface area contributed by atoms with Gasteiger partial charge in [-0.3, -0.25) is 0 Å². The van der Waals surface area contributed by atoms with Gasteiger partial charge in [-0.05, 0) is 39.8 Å². The maximum atomic E-state index is 12.4. The summed E-state index contributed by atoms with van der Waals surface area (Å²) in [6, 6.07) is 5.33. The fourth-order valence-electron chi connectivity index (χ4n) is 2.20. The molecule has 1 heterocycles. The van der Waals surface area contributed by atoms with Gasteiger partial charge < -0.3 is 14.0 Å². The van der Waals surface area contributed by atoms with Crippen molar-refractivity contribution in [2.45, 2.75) is 38.5 Å². The van der Waals surface area contributed by atoms with E-state index in [4.69, 9.17) is 21.1 Å². The van der Waals surface area contributed by atoms with Gasteiger partial charge in [0, 0.05) is 28.4 Å². The highest BCUT2D eigenvalue weighted by Crippen LogP contribution is 2.34. The van der Waals surface area contributed by atoms with E-state index in [0.717, 1.165) is 16.5 Å². The van der Waals surface area contributed by atoms with Crippen LogP contribution < -0.4 is 14.2 Å². The van der Waals surface area contributed by atoms with Crippen molar-refractivity contribution in [1.82, 2.24) is 9.71 Å². The van der Waals surface area contributed by atoms with E-state index in [-0.39, 0.29) is 10.8 Å². The molecule has 24 heavy (non-hydrogen) atoms. The van der Waals surface area contributed by atoms with Gasteiger partial charge >= 0.3 is 0 Å². The molecule has 0 radical (unpaired) electrons. The molecule has 5 nitrogen and oxygen atoms in total. The minimum Gasteiger partial charge on any atom is -0.598 e. The zero-order chi connectivity index (χ0) is 18.1. The second-order valence-corrected chi connectivity index (χ2v) is 8.89. The summed E-state index contributed by atoms with van der Waals surface area (Å²) < 4.78 is 25.7. The summed E-state index contributed by atoms with van der Waals surface area (Å²) in [6.45, 7) is 7.69. The molecule has 2 rings (SSSR count). The van der Waals surface area contributed by atoms with Gasteiger partial charge in [0.1, 0.15) is 10.5 Å². The zero-order valence-electron chi connectivity index (χ0n) is 14.8. The van der Waals surface area contributed by atoms with Gasteiger partial charge in [-0.1, -0.05) is 11.6 Å².